The molecule has 10 heteroatoms. The molecule has 2 atom stereocenters. The van der Waals surface area contributed by atoms with Crippen LogP contribution in [0, 0.1) is 0 Å². The quantitative estimate of drug-likeness (QED) is 0.429. The van der Waals surface area contributed by atoms with Gasteiger partial charge in [-0.3, -0.25) is 20.2 Å². The van der Waals surface area contributed by atoms with Gasteiger partial charge in [-0.2, -0.15) is 10.1 Å². The molecule has 90 valence electrons. The minimum Gasteiger partial charge on any atom is -0.282 e. The molecule has 2 heterocycles. The zero-order valence-corrected chi connectivity index (χ0v) is 9.34. The number of rotatable bonds is 2. The Morgan fingerprint density at radius 1 is 0.938 bits per heavy atom. The Bertz CT molecular complexity index is 310. The van der Waals surface area contributed by atoms with Crippen molar-refractivity contribution in [1.82, 2.24) is 19.9 Å². The van der Waals surface area contributed by atoms with Crippen LogP contribution in [0.1, 0.15) is 0 Å². The third kappa shape index (κ3) is 1.24. The van der Waals surface area contributed by atoms with E-state index in [1.54, 1.807) is 0 Å². The second-order valence-corrected chi connectivity index (χ2v) is 3.74. The first kappa shape index (κ1) is 11.5. The van der Waals surface area contributed by atoms with Crippen LogP contribution in [-0.2, 0) is 0 Å². The lowest BCUT2D eigenvalue weighted by molar-refractivity contribution is -0.117. The first-order valence-electron chi connectivity index (χ1n) is 4.24. The van der Waals surface area contributed by atoms with Crippen molar-refractivity contribution in [2.45, 2.75) is 12.3 Å². The first-order chi connectivity index (χ1) is 7.54. The second kappa shape index (κ2) is 3.81. The van der Waals surface area contributed by atoms with E-state index in [2.05, 4.69) is 0 Å². The number of hydrogen-bond donors (Lipinski definition) is 2. The highest BCUT2D eigenvalue weighted by Gasteiger charge is 2.59. The average molecular weight is 271 g/mol. The van der Waals surface area contributed by atoms with Gasteiger partial charge in [-0.15, -0.1) is 23.2 Å². The van der Waals surface area contributed by atoms with Crippen LogP contribution in [0.4, 0.5) is 9.59 Å². The number of carbonyl (C=O) groups is 2. The number of hydrogen-bond acceptors (Lipinski definition) is 4. The third-order valence-corrected chi connectivity index (χ3v) is 3.06. The molecule has 8 nitrogen and oxygen atoms in total. The Hall–Kier alpha value is -0.960. The fourth-order valence-corrected chi connectivity index (χ4v) is 2.29. The molecule has 0 aromatic heterocycles. The number of amides is 4. The molecule has 2 aliphatic heterocycles. The smallest absolute Gasteiger partial charge is 0.282 e. The minimum atomic E-state index is -1.05. The summed E-state index contributed by atoms with van der Waals surface area (Å²) in [7, 11) is 0. The third-order valence-electron chi connectivity index (χ3n) is 2.55. The van der Waals surface area contributed by atoms with Crippen molar-refractivity contribution < 1.29 is 20.0 Å². The van der Waals surface area contributed by atoms with E-state index >= 15 is 0 Å². The largest absolute Gasteiger partial charge is 0.348 e. The van der Waals surface area contributed by atoms with Crippen LogP contribution >= 0.6 is 23.2 Å². The van der Waals surface area contributed by atoms with Gasteiger partial charge in [-0.05, 0) is 0 Å². The second-order valence-electron chi connectivity index (χ2n) is 3.26. The van der Waals surface area contributed by atoms with E-state index in [-0.39, 0.29) is 12.0 Å². The van der Waals surface area contributed by atoms with Crippen molar-refractivity contribution >= 4 is 35.3 Å². The van der Waals surface area contributed by atoms with E-state index in [1.165, 1.54) is 0 Å². The van der Waals surface area contributed by atoms with Gasteiger partial charge in [0.1, 0.15) is 0 Å². The van der Waals surface area contributed by atoms with Gasteiger partial charge in [0.05, 0.1) is 12.0 Å². The number of hydroxylamine groups is 4. The van der Waals surface area contributed by atoms with Gasteiger partial charge in [-0.25, -0.2) is 9.59 Å². The highest BCUT2D eigenvalue weighted by atomic mass is 35.5. The van der Waals surface area contributed by atoms with Crippen molar-refractivity contribution in [3.63, 3.8) is 0 Å². The normalized spacial score (nSPS) is 29.5. The highest BCUT2D eigenvalue weighted by molar-refractivity contribution is 6.19. The fourth-order valence-electron chi connectivity index (χ4n) is 1.80. The monoisotopic (exact) mass is 270 g/mol. The molecule has 2 fully saturated rings. The van der Waals surface area contributed by atoms with Crippen molar-refractivity contribution in [2.75, 3.05) is 12.0 Å². The van der Waals surface area contributed by atoms with E-state index in [4.69, 9.17) is 23.2 Å². The standard InChI is InChI=1S/C6H8Cl2N4O4/c7-1-9-3-4(12(16)5(9)13)10(2-8)6(14)11(3)15/h3-4,15-16H,1-2H2. The number of alkyl halides is 2. The molecule has 16 heavy (non-hydrogen) atoms. The number of halogens is 2. The first-order valence-corrected chi connectivity index (χ1v) is 5.30. The lowest BCUT2D eigenvalue weighted by Gasteiger charge is -2.22. The maximum absolute atomic E-state index is 11.5. The number of urea groups is 2. The topological polar surface area (TPSA) is 87.6 Å². The number of fused-ring (bicyclic) bond motifs is 1. The van der Waals surface area contributed by atoms with E-state index in [1.807, 2.05) is 0 Å². The molecule has 2 unspecified atom stereocenters. The number of carbonyl (C=O) groups excluding carboxylic acids is 2. The molecule has 4 amide bonds. The van der Waals surface area contributed by atoms with Gasteiger partial charge >= 0.3 is 12.1 Å². The molecule has 0 aromatic rings. The Morgan fingerprint density at radius 3 is 1.50 bits per heavy atom. The summed E-state index contributed by atoms with van der Waals surface area (Å²) in [4.78, 5) is 24.8. The molecule has 0 spiro atoms. The summed E-state index contributed by atoms with van der Waals surface area (Å²) in [5.74, 6) is 0. The fraction of sp³-hybridized carbons (Fsp3) is 0.667. The highest BCUT2D eigenvalue weighted by Crippen LogP contribution is 2.32. The van der Waals surface area contributed by atoms with Crippen molar-refractivity contribution in [3.8, 4) is 0 Å². The predicted molar refractivity (Wildman–Crippen MR) is 50.7 cm³/mol. The Labute approximate surface area is 100 Å². The van der Waals surface area contributed by atoms with Gasteiger partial charge in [0.2, 0.25) is 0 Å². The lowest BCUT2D eigenvalue weighted by atomic mass is 10.4. The summed E-state index contributed by atoms with van der Waals surface area (Å²) in [6, 6.07) is -2.13. The molecule has 2 aliphatic rings. The Balaban J connectivity index is 2.37. The molecular formula is C6H8Cl2N4O4. The molecule has 2 rings (SSSR count). The molecule has 0 radical (unpaired) electrons. The number of nitrogens with zero attached hydrogens (tertiary/aromatic N) is 4. The molecule has 0 aliphatic carbocycles. The van der Waals surface area contributed by atoms with Gasteiger partial charge in [0, 0.05) is 0 Å². The molecule has 0 bridgehead atoms. The van der Waals surface area contributed by atoms with Crippen molar-refractivity contribution in [2.24, 2.45) is 0 Å². The summed E-state index contributed by atoms with van der Waals surface area (Å²) >= 11 is 11.0. The zero-order chi connectivity index (χ0) is 12.0. The average Bonchev–Trinajstić information content (AvgIpc) is 2.66. The van der Waals surface area contributed by atoms with Crippen LogP contribution < -0.4 is 0 Å². The van der Waals surface area contributed by atoms with Crippen LogP contribution in [0.2, 0.25) is 0 Å². The van der Waals surface area contributed by atoms with Crippen molar-refractivity contribution in [1.29, 1.82) is 0 Å². The maximum Gasteiger partial charge on any atom is 0.348 e. The molecule has 0 saturated carbocycles. The van der Waals surface area contributed by atoms with Crippen molar-refractivity contribution in [3.05, 3.63) is 0 Å². The minimum absolute atomic E-state index is 0.266. The summed E-state index contributed by atoms with van der Waals surface area (Å²) in [5, 5.41) is 19.6. The van der Waals surface area contributed by atoms with Crippen LogP contribution in [0.25, 0.3) is 0 Å². The summed E-state index contributed by atoms with van der Waals surface area (Å²) < 4.78 is 0. The van der Waals surface area contributed by atoms with Gasteiger partial charge in [-0.1, -0.05) is 0 Å². The van der Waals surface area contributed by atoms with Crippen LogP contribution in [0.15, 0.2) is 0 Å². The Kier molecular flexibility index (Phi) is 2.74. The van der Waals surface area contributed by atoms with E-state index < -0.39 is 24.4 Å². The van der Waals surface area contributed by atoms with Gasteiger partial charge in [0.15, 0.2) is 12.3 Å². The van der Waals surface area contributed by atoms with E-state index in [0.29, 0.717) is 10.1 Å². The summed E-state index contributed by atoms with van der Waals surface area (Å²) in [6.45, 7) is 0. The molecule has 2 N–H and O–H groups in total. The summed E-state index contributed by atoms with van der Waals surface area (Å²) in [5.41, 5.74) is 0. The van der Waals surface area contributed by atoms with E-state index in [0.717, 1.165) is 9.80 Å². The van der Waals surface area contributed by atoms with Crippen LogP contribution in [-0.4, -0.2) is 66.7 Å². The molecule has 2 saturated heterocycles. The maximum atomic E-state index is 11.5. The lowest BCUT2D eigenvalue weighted by Crippen LogP contribution is -2.44. The SMILES string of the molecule is O=C1N(O)C2C(N(O)C(=O)N2CCl)N1CCl. The zero-order valence-electron chi connectivity index (χ0n) is 7.82. The van der Waals surface area contributed by atoms with E-state index in [9.17, 15) is 20.0 Å². The molecule has 0 aromatic carbocycles. The van der Waals surface area contributed by atoms with Crippen LogP contribution in [0.5, 0.6) is 0 Å². The predicted octanol–water partition coefficient (Wildman–Crippen LogP) is 0.285. The Morgan fingerprint density at radius 2 is 1.25 bits per heavy atom. The van der Waals surface area contributed by atoms with Gasteiger partial charge < -0.3 is 0 Å². The van der Waals surface area contributed by atoms with Gasteiger partial charge in [0.25, 0.3) is 0 Å². The summed E-state index contributed by atoms with van der Waals surface area (Å²) in [6.07, 6.45) is -2.11. The molecular weight excluding hydrogens is 263 g/mol. The van der Waals surface area contributed by atoms with Crippen LogP contribution in [0.3, 0.4) is 0 Å².